The van der Waals surface area contributed by atoms with E-state index in [1.807, 2.05) is 6.07 Å². The molecule has 11 heteroatoms. The lowest BCUT2D eigenvalue weighted by Crippen LogP contribution is -2.59. The molecule has 0 amide bonds. The highest BCUT2D eigenvalue weighted by molar-refractivity contribution is 6.31. The highest BCUT2D eigenvalue weighted by Crippen LogP contribution is 2.39. The van der Waals surface area contributed by atoms with Crippen molar-refractivity contribution in [3.05, 3.63) is 69.7 Å². The van der Waals surface area contributed by atoms with Crippen molar-refractivity contribution in [2.24, 2.45) is 5.92 Å². The summed E-state index contributed by atoms with van der Waals surface area (Å²) >= 11 is 6.60. The Hall–Kier alpha value is -3.47. The molecular formula is C31H35ClO10. The molecule has 0 aliphatic carbocycles. The summed E-state index contributed by atoms with van der Waals surface area (Å²) in [7, 11) is 0. The van der Waals surface area contributed by atoms with Crippen molar-refractivity contribution >= 4 is 35.5 Å². The van der Waals surface area contributed by atoms with Crippen LogP contribution in [-0.2, 0) is 60.4 Å². The normalized spacial score (nSPS) is 23.8. The molecule has 2 aromatic rings. The van der Waals surface area contributed by atoms with Crippen LogP contribution in [-0.4, -0.2) is 68.1 Å². The molecule has 2 aromatic carbocycles. The van der Waals surface area contributed by atoms with Crippen molar-refractivity contribution in [1.82, 2.24) is 0 Å². The smallest absolute Gasteiger partial charge is 0.303 e. The summed E-state index contributed by atoms with van der Waals surface area (Å²) in [4.78, 5) is 48.0. The Labute approximate surface area is 249 Å². The van der Waals surface area contributed by atoms with Crippen molar-refractivity contribution < 1.29 is 47.6 Å². The average molecular weight is 603 g/mol. The minimum atomic E-state index is -1.25. The van der Waals surface area contributed by atoms with E-state index in [2.05, 4.69) is 24.3 Å². The van der Waals surface area contributed by atoms with Gasteiger partial charge in [-0.05, 0) is 41.2 Å². The molecule has 2 aliphatic rings. The second-order valence-electron chi connectivity index (χ2n) is 10.6. The molecule has 0 saturated carbocycles. The molecule has 4 rings (SSSR count). The van der Waals surface area contributed by atoms with Crippen LogP contribution in [0.4, 0.5) is 0 Å². The fraction of sp³-hybridized carbons (Fsp3) is 0.484. The molecular weight excluding hydrogens is 568 g/mol. The van der Waals surface area contributed by atoms with Crippen LogP contribution in [0.2, 0.25) is 5.02 Å². The Bertz CT molecular complexity index is 1290. The van der Waals surface area contributed by atoms with Gasteiger partial charge >= 0.3 is 23.9 Å². The summed E-state index contributed by atoms with van der Waals surface area (Å²) in [6, 6.07) is 13.6. The number of carbonyl (C=O) groups excluding carboxylic acids is 4. The van der Waals surface area contributed by atoms with Crippen molar-refractivity contribution in [1.29, 1.82) is 0 Å². The number of esters is 4. The van der Waals surface area contributed by atoms with Gasteiger partial charge in [0.1, 0.15) is 18.8 Å². The Morgan fingerprint density at radius 2 is 1.38 bits per heavy atom. The van der Waals surface area contributed by atoms with Crippen LogP contribution < -0.4 is 0 Å². The van der Waals surface area contributed by atoms with Gasteiger partial charge in [0.05, 0.1) is 13.2 Å². The zero-order chi connectivity index (χ0) is 30.4. The lowest BCUT2D eigenvalue weighted by atomic mass is 9.89. The number of hydrogen-bond donors (Lipinski definition) is 0. The van der Waals surface area contributed by atoms with Gasteiger partial charge in [0.25, 0.3) is 0 Å². The minimum Gasteiger partial charge on any atom is -0.463 e. The third-order valence-corrected chi connectivity index (χ3v) is 7.41. The largest absolute Gasteiger partial charge is 0.463 e. The Morgan fingerprint density at radius 1 is 0.786 bits per heavy atom. The molecule has 2 saturated heterocycles. The monoisotopic (exact) mass is 602 g/mol. The number of halogens is 1. The van der Waals surface area contributed by atoms with Gasteiger partial charge in [-0.2, -0.15) is 0 Å². The van der Waals surface area contributed by atoms with Gasteiger partial charge in [-0.3, -0.25) is 19.2 Å². The van der Waals surface area contributed by atoms with Crippen LogP contribution in [0.25, 0.3) is 0 Å². The number of carbonyl (C=O) groups is 4. The van der Waals surface area contributed by atoms with E-state index in [0.717, 1.165) is 30.8 Å². The van der Waals surface area contributed by atoms with E-state index in [0.29, 0.717) is 22.9 Å². The van der Waals surface area contributed by atoms with E-state index in [9.17, 15) is 19.2 Å². The second kappa shape index (κ2) is 14.1. The average Bonchev–Trinajstić information content (AvgIpc) is 2.89. The van der Waals surface area contributed by atoms with E-state index in [1.165, 1.54) is 33.3 Å². The first-order valence-electron chi connectivity index (χ1n) is 13.7. The van der Waals surface area contributed by atoms with Crippen LogP contribution in [0.3, 0.4) is 0 Å². The van der Waals surface area contributed by atoms with Gasteiger partial charge < -0.3 is 28.4 Å². The quantitative estimate of drug-likeness (QED) is 0.292. The second-order valence-corrected chi connectivity index (χ2v) is 11.0. The van der Waals surface area contributed by atoms with E-state index in [4.69, 9.17) is 40.0 Å². The molecule has 42 heavy (non-hydrogen) atoms. The SMILES string of the molecule is CC(=O)OC[C@H]1O[C@@H](c2ccc(Cl)c(Cc3ccc(CC4COC4)cc3)c2)[C@H](OC(C)=O)[C@@H](OC(C)=O)[C@@H]1OC(C)=O. The zero-order valence-corrected chi connectivity index (χ0v) is 24.8. The van der Waals surface area contributed by atoms with Gasteiger partial charge in [-0.1, -0.05) is 48.0 Å². The van der Waals surface area contributed by atoms with E-state index >= 15 is 0 Å². The van der Waals surface area contributed by atoms with Crippen molar-refractivity contribution in [2.75, 3.05) is 19.8 Å². The van der Waals surface area contributed by atoms with Gasteiger partial charge in [0.15, 0.2) is 18.3 Å². The predicted octanol–water partition coefficient (Wildman–Crippen LogP) is 3.92. The minimum absolute atomic E-state index is 0.298. The van der Waals surface area contributed by atoms with Gasteiger partial charge in [0.2, 0.25) is 0 Å². The molecule has 0 spiro atoms. The van der Waals surface area contributed by atoms with E-state index < -0.39 is 54.4 Å². The van der Waals surface area contributed by atoms with Crippen LogP contribution in [0, 0.1) is 5.92 Å². The molecule has 10 nitrogen and oxygen atoms in total. The third kappa shape index (κ3) is 8.30. The maximum absolute atomic E-state index is 12.2. The van der Waals surface area contributed by atoms with Crippen molar-refractivity contribution in [3.8, 4) is 0 Å². The topological polar surface area (TPSA) is 124 Å². The van der Waals surface area contributed by atoms with Crippen molar-refractivity contribution in [3.63, 3.8) is 0 Å². The first kappa shape index (κ1) is 31.5. The highest BCUT2D eigenvalue weighted by atomic mass is 35.5. The number of ether oxygens (including phenoxy) is 6. The number of hydrogen-bond acceptors (Lipinski definition) is 10. The molecule has 0 aromatic heterocycles. The zero-order valence-electron chi connectivity index (χ0n) is 24.0. The summed E-state index contributed by atoms with van der Waals surface area (Å²) in [6.07, 6.45) is -4.18. The van der Waals surface area contributed by atoms with Crippen LogP contribution >= 0.6 is 11.6 Å². The van der Waals surface area contributed by atoms with Gasteiger partial charge in [-0.15, -0.1) is 0 Å². The lowest BCUT2D eigenvalue weighted by molar-refractivity contribution is -0.254. The van der Waals surface area contributed by atoms with Gasteiger partial charge in [0, 0.05) is 38.6 Å². The highest BCUT2D eigenvalue weighted by Gasteiger charge is 2.52. The molecule has 0 N–H and O–H groups in total. The van der Waals surface area contributed by atoms with Crippen LogP contribution in [0.15, 0.2) is 42.5 Å². The Balaban J connectivity index is 1.66. The fourth-order valence-corrected chi connectivity index (χ4v) is 5.34. The van der Waals surface area contributed by atoms with Crippen LogP contribution in [0.5, 0.6) is 0 Å². The standard InChI is InChI=1S/C31H35ClO10/c1-17(33)38-16-27-29(39-18(2)34)31(41-20(4)36)30(40-19(3)35)28(42-27)24-9-10-26(32)25(13-24)12-22-7-5-21(6-8-22)11-23-14-37-15-23/h5-10,13,23,27-31H,11-12,14-16H2,1-4H3/t27-,28+,29-,30+,31+/m1/s1. The summed E-state index contributed by atoms with van der Waals surface area (Å²) < 4.78 is 33.4. The van der Waals surface area contributed by atoms with Crippen LogP contribution in [0.1, 0.15) is 56.1 Å². The molecule has 2 heterocycles. The predicted molar refractivity (Wildman–Crippen MR) is 150 cm³/mol. The van der Waals surface area contributed by atoms with Crippen molar-refractivity contribution in [2.45, 2.75) is 71.1 Å². The Morgan fingerprint density at radius 3 is 1.95 bits per heavy atom. The van der Waals surface area contributed by atoms with E-state index in [1.54, 1.807) is 12.1 Å². The first-order valence-corrected chi connectivity index (χ1v) is 14.1. The number of rotatable bonds is 10. The maximum atomic E-state index is 12.2. The fourth-order valence-electron chi connectivity index (χ4n) is 5.15. The lowest BCUT2D eigenvalue weighted by Gasteiger charge is -2.44. The summed E-state index contributed by atoms with van der Waals surface area (Å²) in [6.45, 7) is 6.10. The third-order valence-electron chi connectivity index (χ3n) is 7.04. The molecule has 2 aliphatic heterocycles. The van der Waals surface area contributed by atoms with E-state index in [-0.39, 0.29) is 6.61 Å². The van der Waals surface area contributed by atoms with Gasteiger partial charge in [-0.25, -0.2) is 0 Å². The Kier molecular flexibility index (Phi) is 10.6. The first-order chi connectivity index (χ1) is 20.0. The summed E-state index contributed by atoms with van der Waals surface area (Å²) in [5.74, 6) is -2.05. The molecule has 0 bridgehead atoms. The molecule has 226 valence electrons. The summed E-state index contributed by atoms with van der Waals surface area (Å²) in [5.41, 5.74) is 3.66. The number of benzene rings is 2. The molecule has 0 radical (unpaired) electrons. The summed E-state index contributed by atoms with van der Waals surface area (Å²) in [5, 5.41) is 0.528. The maximum Gasteiger partial charge on any atom is 0.303 e. The molecule has 5 atom stereocenters. The molecule has 0 unspecified atom stereocenters. The molecule has 2 fully saturated rings.